The maximum atomic E-state index is 12.2. The van der Waals surface area contributed by atoms with Crippen molar-refractivity contribution in [2.75, 3.05) is 43.0 Å². The Morgan fingerprint density at radius 2 is 1.65 bits per heavy atom. The minimum atomic E-state index is -0.713. The van der Waals surface area contributed by atoms with Crippen LogP contribution in [-0.4, -0.2) is 54.1 Å². The van der Waals surface area contributed by atoms with Crippen molar-refractivity contribution in [1.29, 1.82) is 0 Å². The predicted octanol–water partition coefficient (Wildman–Crippen LogP) is 2.50. The fourth-order valence-electron chi connectivity index (χ4n) is 3.85. The first kappa shape index (κ1) is 23.3. The van der Waals surface area contributed by atoms with E-state index in [0.29, 0.717) is 5.69 Å². The first-order valence-electron chi connectivity index (χ1n) is 11.2. The quantitative estimate of drug-likeness (QED) is 0.546. The van der Waals surface area contributed by atoms with Gasteiger partial charge in [-0.3, -0.25) is 14.5 Å². The van der Waals surface area contributed by atoms with Crippen LogP contribution in [0.3, 0.4) is 0 Å². The number of hydrogen-bond acceptors (Lipinski definition) is 6. The third-order valence-corrected chi connectivity index (χ3v) is 5.81. The summed E-state index contributed by atoms with van der Waals surface area (Å²) in [5.41, 5.74) is 2.85. The van der Waals surface area contributed by atoms with Crippen molar-refractivity contribution in [3.05, 3.63) is 94.4 Å². The van der Waals surface area contributed by atoms with Gasteiger partial charge in [0.1, 0.15) is 0 Å². The molecule has 1 aliphatic rings. The fourth-order valence-corrected chi connectivity index (χ4v) is 3.85. The van der Waals surface area contributed by atoms with E-state index in [1.54, 1.807) is 7.05 Å². The Morgan fingerprint density at radius 3 is 2.32 bits per heavy atom. The van der Waals surface area contributed by atoms with Gasteiger partial charge in [-0.05, 0) is 35.9 Å². The van der Waals surface area contributed by atoms with Gasteiger partial charge in [0.05, 0.1) is 5.56 Å². The van der Waals surface area contributed by atoms with Crippen LogP contribution in [0.4, 0.5) is 11.4 Å². The molecule has 1 amide bonds. The van der Waals surface area contributed by atoms with E-state index in [-0.39, 0.29) is 11.1 Å². The number of nitrogens with one attached hydrogen (secondary N) is 1. The highest BCUT2D eigenvalue weighted by Gasteiger charge is 2.17. The Hall–Kier alpha value is -3.91. The molecular formula is C26H28N4O4. The number of amides is 1. The number of hydrogen-bond donors (Lipinski definition) is 1. The Labute approximate surface area is 198 Å². The normalized spacial score (nSPS) is 14.0. The Morgan fingerprint density at radius 1 is 0.941 bits per heavy atom. The van der Waals surface area contributed by atoms with Crippen LogP contribution in [0.2, 0.25) is 0 Å². The summed E-state index contributed by atoms with van der Waals surface area (Å²) in [5.74, 6) is -1.16. The maximum absolute atomic E-state index is 12.2. The van der Waals surface area contributed by atoms with Crippen LogP contribution in [0.15, 0.2) is 77.7 Å². The molecule has 0 unspecified atom stereocenters. The molecule has 1 aromatic heterocycles. The second kappa shape index (κ2) is 10.8. The average Bonchev–Trinajstić information content (AvgIpc) is 2.86. The molecule has 1 fully saturated rings. The van der Waals surface area contributed by atoms with E-state index in [0.717, 1.165) is 38.4 Å². The highest BCUT2D eigenvalue weighted by atomic mass is 16.5. The first-order valence-corrected chi connectivity index (χ1v) is 11.2. The molecule has 176 valence electrons. The number of ether oxygens (including phenoxy) is 1. The minimum Gasteiger partial charge on any atom is -0.452 e. The molecule has 0 bridgehead atoms. The molecule has 0 aliphatic carbocycles. The molecular weight excluding hydrogens is 432 g/mol. The van der Waals surface area contributed by atoms with Gasteiger partial charge in [-0.1, -0.05) is 30.3 Å². The molecule has 2 heterocycles. The van der Waals surface area contributed by atoms with Crippen LogP contribution in [0, 0.1) is 0 Å². The second-order valence-electron chi connectivity index (χ2n) is 8.28. The summed E-state index contributed by atoms with van der Waals surface area (Å²) in [5, 5.41) is 2.72. The number of anilines is 2. The molecule has 1 saturated heterocycles. The van der Waals surface area contributed by atoms with E-state index in [9.17, 15) is 14.4 Å². The zero-order valence-electron chi connectivity index (χ0n) is 19.1. The van der Waals surface area contributed by atoms with Crippen molar-refractivity contribution < 1.29 is 14.3 Å². The van der Waals surface area contributed by atoms with Gasteiger partial charge >= 0.3 is 5.97 Å². The molecule has 0 atom stereocenters. The van der Waals surface area contributed by atoms with Gasteiger partial charge in [0.25, 0.3) is 11.5 Å². The van der Waals surface area contributed by atoms with Gasteiger partial charge in [0, 0.05) is 63.4 Å². The lowest BCUT2D eigenvalue weighted by Gasteiger charge is -2.36. The smallest absolute Gasteiger partial charge is 0.338 e. The fraction of sp³-hybridized carbons (Fsp3) is 0.269. The van der Waals surface area contributed by atoms with E-state index >= 15 is 0 Å². The molecule has 2 aromatic carbocycles. The lowest BCUT2D eigenvalue weighted by Crippen LogP contribution is -2.45. The SMILES string of the molecule is Cn1ccc(C(=O)OCC(=O)Nc2ccc(N3CCN(Cc4ccccc4)CC3)cc2)cc1=O. The monoisotopic (exact) mass is 460 g/mol. The van der Waals surface area contributed by atoms with Gasteiger partial charge in [-0.25, -0.2) is 4.79 Å². The third kappa shape index (κ3) is 6.11. The van der Waals surface area contributed by atoms with E-state index in [1.165, 1.54) is 28.5 Å². The average molecular weight is 461 g/mol. The van der Waals surface area contributed by atoms with Crippen molar-refractivity contribution in [3.63, 3.8) is 0 Å². The van der Waals surface area contributed by atoms with Crippen molar-refractivity contribution in [3.8, 4) is 0 Å². The highest BCUT2D eigenvalue weighted by Crippen LogP contribution is 2.20. The molecule has 34 heavy (non-hydrogen) atoms. The molecule has 8 nitrogen and oxygen atoms in total. The zero-order valence-corrected chi connectivity index (χ0v) is 19.1. The van der Waals surface area contributed by atoms with Gasteiger partial charge in [-0.15, -0.1) is 0 Å². The lowest BCUT2D eigenvalue weighted by atomic mass is 10.2. The molecule has 0 spiro atoms. The van der Waals surface area contributed by atoms with Gasteiger partial charge < -0.3 is 19.5 Å². The van der Waals surface area contributed by atoms with Crippen LogP contribution in [0.25, 0.3) is 0 Å². The number of esters is 1. The van der Waals surface area contributed by atoms with E-state index in [4.69, 9.17) is 4.74 Å². The molecule has 1 aliphatic heterocycles. The van der Waals surface area contributed by atoms with Crippen LogP contribution >= 0.6 is 0 Å². The first-order chi connectivity index (χ1) is 16.5. The topological polar surface area (TPSA) is 83.9 Å². The number of pyridine rings is 1. The number of aryl methyl sites for hydroxylation is 1. The molecule has 4 rings (SSSR count). The third-order valence-electron chi connectivity index (χ3n) is 5.81. The predicted molar refractivity (Wildman–Crippen MR) is 131 cm³/mol. The summed E-state index contributed by atoms with van der Waals surface area (Å²) in [6.07, 6.45) is 1.48. The van der Waals surface area contributed by atoms with Crippen molar-refractivity contribution in [2.45, 2.75) is 6.54 Å². The van der Waals surface area contributed by atoms with E-state index in [2.05, 4.69) is 39.4 Å². The summed E-state index contributed by atoms with van der Waals surface area (Å²) in [6, 6.07) is 20.8. The van der Waals surface area contributed by atoms with Gasteiger partial charge in [0.15, 0.2) is 6.61 Å². The zero-order chi connectivity index (χ0) is 23.9. The molecule has 0 saturated carbocycles. The summed E-state index contributed by atoms with van der Waals surface area (Å²) in [6.45, 7) is 4.40. The standard InChI is InChI=1S/C26H28N4O4/c1-28-12-11-21(17-25(28)32)26(33)34-19-24(31)27-22-7-9-23(10-8-22)30-15-13-29(14-16-30)18-20-5-3-2-4-6-20/h2-12,17H,13-16,18-19H2,1H3,(H,27,31). The van der Waals surface area contributed by atoms with Gasteiger partial charge in [0.2, 0.25) is 0 Å². The van der Waals surface area contributed by atoms with E-state index < -0.39 is 18.5 Å². The van der Waals surface area contributed by atoms with Crippen LogP contribution < -0.4 is 15.8 Å². The Bertz CT molecular complexity index is 1180. The number of rotatable bonds is 7. The van der Waals surface area contributed by atoms with Crippen molar-refractivity contribution in [1.82, 2.24) is 9.47 Å². The Kier molecular flexibility index (Phi) is 7.39. The minimum absolute atomic E-state index is 0.115. The molecule has 1 N–H and O–H groups in total. The second-order valence-corrected chi connectivity index (χ2v) is 8.28. The maximum Gasteiger partial charge on any atom is 0.338 e. The molecule has 0 radical (unpaired) electrons. The largest absolute Gasteiger partial charge is 0.452 e. The number of piperazine rings is 1. The summed E-state index contributed by atoms with van der Waals surface area (Å²) < 4.78 is 6.36. The number of carbonyl (C=O) groups excluding carboxylic acids is 2. The molecule has 8 heteroatoms. The molecule has 3 aromatic rings. The van der Waals surface area contributed by atoms with E-state index in [1.807, 2.05) is 30.3 Å². The van der Waals surface area contributed by atoms with Crippen molar-refractivity contribution >= 4 is 23.3 Å². The number of aromatic nitrogens is 1. The van der Waals surface area contributed by atoms with Crippen molar-refractivity contribution in [2.24, 2.45) is 7.05 Å². The van der Waals surface area contributed by atoms with Crippen LogP contribution in [-0.2, 0) is 23.1 Å². The van der Waals surface area contributed by atoms with Crippen LogP contribution in [0.1, 0.15) is 15.9 Å². The van der Waals surface area contributed by atoms with Crippen LogP contribution in [0.5, 0.6) is 0 Å². The summed E-state index contributed by atoms with van der Waals surface area (Å²) in [7, 11) is 1.59. The number of carbonyl (C=O) groups is 2. The summed E-state index contributed by atoms with van der Waals surface area (Å²) >= 11 is 0. The highest BCUT2D eigenvalue weighted by molar-refractivity contribution is 5.95. The number of nitrogens with zero attached hydrogens (tertiary/aromatic N) is 3. The van der Waals surface area contributed by atoms with Gasteiger partial charge in [-0.2, -0.15) is 0 Å². The summed E-state index contributed by atoms with van der Waals surface area (Å²) in [4.78, 5) is 40.6. The lowest BCUT2D eigenvalue weighted by molar-refractivity contribution is -0.119. The number of benzene rings is 2. The Balaban J connectivity index is 1.22.